The van der Waals surface area contributed by atoms with Gasteiger partial charge in [0.1, 0.15) is 0 Å². The van der Waals surface area contributed by atoms with E-state index in [0.29, 0.717) is 17.5 Å². The van der Waals surface area contributed by atoms with E-state index in [2.05, 4.69) is 156 Å². The average molecular weight is 626 g/mol. The highest BCUT2D eigenvalue weighted by molar-refractivity contribution is 6.21. The molecule has 10 aromatic rings. The van der Waals surface area contributed by atoms with Crippen molar-refractivity contribution in [2.45, 2.75) is 0 Å². The van der Waals surface area contributed by atoms with Gasteiger partial charge in [-0.05, 0) is 62.6 Å². The minimum absolute atomic E-state index is 0.571. The third-order valence-corrected chi connectivity index (χ3v) is 9.45. The Morgan fingerprint density at radius 1 is 0.367 bits per heavy atom. The van der Waals surface area contributed by atoms with Crippen LogP contribution in [0.2, 0.25) is 0 Å². The highest BCUT2D eigenvalue weighted by atomic mass is 15.0. The molecule has 5 nitrogen and oxygen atoms in total. The average Bonchev–Trinajstić information content (AvgIpc) is 3.52. The molecular formula is C44H27N5. The van der Waals surface area contributed by atoms with Gasteiger partial charge in [0.05, 0.1) is 22.9 Å². The quantitative estimate of drug-likeness (QED) is 0.195. The van der Waals surface area contributed by atoms with Crippen LogP contribution in [0.1, 0.15) is 0 Å². The SMILES string of the molecule is c1ccc2cc(-c3nc(-c4cncc(-n5c6ccccc6c6c7ccccc7ccc65)c4)nc(-c4ccc5ccccc5c4)n3)ccc2c1. The maximum Gasteiger partial charge on any atom is 0.165 e. The smallest absolute Gasteiger partial charge is 0.165 e. The first kappa shape index (κ1) is 27.4. The molecule has 49 heavy (non-hydrogen) atoms. The molecule has 228 valence electrons. The fourth-order valence-corrected chi connectivity index (χ4v) is 7.11. The minimum Gasteiger partial charge on any atom is -0.308 e. The summed E-state index contributed by atoms with van der Waals surface area (Å²) in [5, 5.41) is 9.51. The number of fused-ring (bicyclic) bond motifs is 7. The summed E-state index contributed by atoms with van der Waals surface area (Å²) in [6, 6.07) is 53.1. The van der Waals surface area contributed by atoms with Crippen molar-refractivity contribution in [3.63, 3.8) is 0 Å². The molecule has 0 unspecified atom stereocenters. The molecule has 10 rings (SSSR count). The molecule has 5 heteroatoms. The number of pyridine rings is 1. The molecule has 0 aliphatic carbocycles. The van der Waals surface area contributed by atoms with Crippen LogP contribution in [-0.4, -0.2) is 24.5 Å². The second-order valence-electron chi connectivity index (χ2n) is 12.4. The van der Waals surface area contributed by atoms with Crippen LogP contribution in [-0.2, 0) is 0 Å². The highest BCUT2D eigenvalue weighted by Crippen LogP contribution is 2.37. The number of benzene rings is 7. The van der Waals surface area contributed by atoms with Gasteiger partial charge in [-0.15, -0.1) is 0 Å². The van der Waals surface area contributed by atoms with Gasteiger partial charge in [-0.25, -0.2) is 15.0 Å². The van der Waals surface area contributed by atoms with Crippen LogP contribution in [0.3, 0.4) is 0 Å². The van der Waals surface area contributed by atoms with Crippen molar-refractivity contribution in [1.82, 2.24) is 24.5 Å². The van der Waals surface area contributed by atoms with Gasteiger partial charge in [0, 0.05) is 33.7 Å². The fraction of sp³-hybridized carbons (Fsp3) is 0. The lowest BCUT2D eigenvalue weighted by Crippen LogP contribution is -2.02. The first-order valence-electron chi connectivity index (χ1n) is 16.4. The van der Waals surface area contributed by atoms with Crippen LogP contribution >= 0.6 is 0 Å². The van der Waals surface area contributed by atoms with E-state index in [4.69, 9.17) is 19.9 Å². The van der Waals surface area contributed by atoms with E-state index in [-0.39, 0.29) is 0 Å². The monoisotopic (exact) mass is 625 g/mol. The Balaban J connectivity index is 1.19. The molecule has 0 fully saturated rings. The van der Waals surface area contributed by atoms with Crippen LogP contribution in [0.4, 0.5) is 0 Å². The molecule has 7 aromatic carbocycles. The van der Waals surface area contributed by atoms with Crippen molar-refractivity contribution < 1.29 is 0 Å². The van der Waals surface area contributed by atoms with E-state index in [1.165, 1.54) is 32.3 Å². The van der Waals surface area contributed by atoms with Crippen molar-refractivity contribution in [2.75, 3.05) is 0 Å². The van der Waals surface area contributed by atoms with E-state index in [1.807, 2.05) is 12.4 Å². The van der Waals surface area contributed by atoms with E-state index in [1.54, 1.807) is 0 Å². The van der Waals surface area contributed by atoms with Crippen molar-refractivity contribution in [1.29, 1.82) is 0 Å². The van der Waals surface area contributed by atoms with Crippen LogP contribution in [0, 0.1) is 0 Å². The molecule has 0 N–H and O–H groups in total. The summed E-state index contributed by atoms with van der Waals surface area (Å²) in [5.74, 6) is 1.81. The van der Waals surface area contributed by atoms with Gasteiger partial charge >= 0.3 is 0 Å². The molecule has 0 spiro atoms. The Morgan fingerprint density at radius 3 is 1.57 bits per heavy atom. The Labute approximate surface area is 281 Å². The molecule has 3 aromatic heterocycles. The van der Waals surface area contributed by atoms with Gasteiger partial charge in [0.15, 0.2) is 17.5 Å². The molecule has 0 aliphatic rings. The maximum atomic E-state index is 5.09. The van der Waals surface area contributed by atoms with Crippen molar-refractivity contribution in [3.05, 3.63) is 164 Å². The Bertz CT molecular complexity index is 2810. The summed E-state index contributed by atoms with van der Waals surface area (Å²) in [6.45, 7) is 0. The normalized spacial score (nSPS) is 11.7. The summed E-state index contributed by atoms with van der Waals surface area (Å²) in [5.41, 5.74) is 5.88. The summed E-state index contributed by atoms with van der Waals surface area (Å²) in [6.07, 6.45) is 3.76. The van der Waals surface area contributed by atoms with Crippen molar-refractivity contribution in [2.24, 2.45) is 0 Å². The third kappa shape index (κ3) is 4.55. The lowest BCUT2D eigenvalue weighted by atomic mass is 10.0. The second-order valence-corrected chi connectivity index (χ2v) is 12.4. The number of rotatable bonds is 4. The molecule has 0 amide bonds. The Hall–Kier alpha value is -6.72. The molecule has 0 bridgehead atoms. The largest absolute Gasteiger partial charge is 0.308 e. The van der Waals surface area contributed by atoms with E-state index in [0.717, 1.165) is 44.2 Å². The van der Waals surface area contributed by atoms with Gasteiger partial charge in [-0.1, -0.05) is 121 Å². The van der Waals surface area contributed by atoms with Gasteiger partial charge in [-0.2, -0.15) is 0 Å². The molecule has 0 atom stereocenters. The van der Waals surface area contributed by atoms with Crippen LogP contribution in [0.25, 0.3) is 94.0 Å². The van der Waals surface area contributed by atoms with E-state index >= 15 is 0 Å². The third-order valence-electron chi connectivity index (χ3n) is 9.45. The highest BCUT2D eigenvalue weighted by Gasteiger charge is 2.17. The second kappa shape index (κ2) is 10.9. The Morgan fingerprint density at radius 2 is 0.898 bits per heavy atom. The number of nitrogens with zero attached hydrogens (tertiary/aromatic N) is 5. The van der Waals surface area contributed by atoms with Crippen LogP contribution in [0.15, 0.2) is 164 Å². The number of aromatic nitrogens is 5. The fourth-order valence-electron chi connectivity index (χ4n) is 7.11. The molecule has 3 heterocycles. The van der Waals surface area contributed by atoms with Crippen LogP contribution in [0.5, 0.6) is 0 Å². The van der Waals surface area contributed by atoms with Gasteiger partial charge in [0.2, 0.25) is 0 Å². The predicted molar refractivity (Wildman–Crippen MR) is 201 cm³/mol. The van der Waals surface area contributed by atoms with Gasteiger partial charge in [-0.3, -0.25) is 4.98 Å². The zero-order valence-corrected chi connectivity index (χ0v) is 26.3. The maximum absolute atomic E-state index is 5.09. The summed E-state index contributed by atoms with van der Waals surface area (Å²) >= 11 is 0. The molecule has 0 aliphatic heterocycles. The molecule has 0 saturated heterocycles. The lowest BCUT2D eigenvalue weighted by Gasteiger charge is -2.12. The number of hydrogen-bond donors (Lipinski definition) is 0. The van der Waals surface area contributed by atoms with Crippen molar-refractivity contribution >= 4 is 54.1 Å². The first-order chi connectivity index (χ1) is 24.3. The molecule has 0 saturated carbocycles. The molecule has 0 radical (unpaired) electrons. The first-order valence-corrected chi connectivity index (χ1v) is 16.4. The summed E-state index contributed by atoms with van der Waals surface area (Å²) in [7, 11) is 0. The zero-order chi connectivity index (χ0) is 32.3. The predicted octanol–water partition coefficient (Wildman–Crippen LogP) is 10.8. The number of hydrogen-bond acceptors (Lipinski definition) is 4. The summed E-state index contributed by atoms with van der Waals surface area (Å²) < 4.78 is 2.29. The number of para-hydroxylation sites is 1. The van der Waals surface area contributed by atoms with Crippen LogP contribution < -0.4 is 0 Å². The van der Waals surface area contributed by atoms with Gasteiger partial charge < -0.3 is 4.57 Å². The topological polar surface area (TPSA) is 56.5 Å². The standard InChI is InChI=1S/C44H27N5/c1-3-12-31-23-33(19-17-28(31)9-1)42-46-43(34-20-18-29-10-2-4-13-32(29)24-34)48-44(47-42)35-25-36(27-45-26-35)49-39-16-8-7-15-38(39)41-37-14-6-5-11-30(37)21-22-40(41)49/h1-27H. The van der Waals surface area contributed by atoms with Gasteiger partial charge in [0.25, 0.3) is 0 Å². The lowest BCUT2D eigenvalue weighted by molar-refractivity contribution is 1.06. The summed E-state index contributed by atoms with van der Waals surface area (Å²) in [4.78, 5) is 20.0. The minimum atomic E-state index is 0.571. The Kier molecular flexibility index (Phi) is 6.11. The molecular weight excluding hydrogens is 599 g/mol. The zero-order valence-electron chi connectivity index (χ0n) is 26.3. The van der Waals surface area contributed by atoms with E-state index < -0.39 is 0 Å². The van der Waals surface area contributed by atoms with Crippen molar-refractivity contribution in [3.8, 4) is 39.9 Å². The van der Waals surface area contributed by atoms with E-state index in [9.17, 15) is 0 Å².